The maximum absolute atomic E-state index is 11.9. The molecule has 2 aromatic rings. The van der Waals surface area contributed by atoms with Crippen LogP contribution in [0, 0.1) is 0 Å². The summed E-state index contributed by atoms with van der Waals surface area (Å²) in [5, 5.41) is 3.97. The number of benzene rings is 1. The molecule has 1 N–H and O–H groups in total. The number of aromatic nitrogens is 1. The van der Waals surface area contributed by atoms with E-state index in [2.05, 4.69) is 31.4 Å². The highest BCUT2D eigenvalue weighted by atomic mass is 79.9. The Morgan fingerprint density at radius 3 is 2.62 bits per heavy atom. The Labute approximate surface area is 149 Å². The van der Waals surface area contributed by atoms with Crippen LogP contribution in [0.1, 0.15) is 29.8 Å². The molecular weight excluding hydrogens is 374 g/mol. The average molecular weight is 392 g/mol. The Hall–Kier alpha value is -2.41. The number of carbonyl (C=O) groups excluding carboxylic acids is 1. The maximum atomic E-state index is 11.9. The quantitative estimate of drug-likeness (QED) is 0.579. The first kappa shape index (κ1) is 17.9. The number of amides is 1. The van der Waals surface area contributed by atoms with Gasteiger partial charge in [0.1, 0.15) is 0 Å². The van der Waals surface area contributed by atoms with E-state index in [4.69, 9.17) is 9.47 Å². The highest BCUT2D eigenvalue weighted by Gasteiger charge is 2.11. The van der Waals surface area contributed by atoms with Gasteiger partial charge in [0.05, 0.1) is 23.9 Å². The topological polar surface area (TPSA) is 72.8 Å². The molecule has 7 heteroatoms. The first-order valence-corrected chi connectivity index (χ1v) is 8.27. The number of nitrogens with zero attached hydrogens (tertiary/aromatic N) is 2. The zero-order chi connectivity index (χ0) is 17.4. The van der Waals surface area contributed by atoms with Crippen molar-refractivity contribution >= 4 is 28.1 Å². The van der Waals surface area contributed by atoms with Crippen LogP contribution < -0.4 is 14.9 Å². The fourth-order valence-corrected chi connectivity index (χ4v) is 2.52. The lowest BCUT2D eigenvalue weighted by molar-refractivity contribution is 0.0955. The largest absolute Gasteiger partial charge is 0.490 e. The summed E-state index contributed by atoms with van der Waals surface area (Å²) in [5.41, 5.74) is 3.73. The predicted octanol–water partition coefficient (Wildman–Crippen LogP) is 3.41. The fourth-order valence-electron chi connectivity index (χ4n) is 1.94. The second-order valence-electron chi connectivity index (χ2n) is 4.63. The van der Waals surface area contributed by atoms with Crippen molar-refractivity contribution in [2.75, 3.05) is 13.2 Å². The van der Waals surface area contributed by atoms with Gasteiger partial charge in [0.25, 0.3) is 5.91 Å². The molecule has 24 heavy (non-hydrogen) atoms. The van der Waals surface area contributed by atoms with Gasteiger partial charge in [-0.25, -0.2) is 5.43 Å². The van der Waals surface area contributed by atoms with Gasteiger partial charge in [-0.1, -0.05) is 0 Å². The third-order valence-corrected chi connectivity index (χ3v) is 3.53. The zero-order valence-electron chi connectivity index (χ0n) is 13.5. The Kier molecular flexibility index (Phi) is 6.74. The predicted molar refractivity (Wildman–Crippen MR) is 95.8 cm³/mol. The van der Waals surface area contributed by atoms with Crippen molar-refractivity contribution in [2.45, 2.75) is 13.8 Å². The third kappa shape index (κ3) is 4.79. The average Bonchev–Trinajstić information content (AvgIpc) is 2.59. The minimum atomic E-state index is -0.302. The maximum Gasteiger partial charge on any atom is 0.271 e. The molecule has 0 bridgehead atoms. The van der Waals surface area contributed by atoms with Crippen LogP contribution in [-0.2, 0) is 0 Å². The van der Waals surface area contributed by atoms with Gasteiger partial charge in [-0.15, -0.1) is 0 Å². The molecule has 1 aromatic carbocycles. The molecule has 0 spiro atoms. The van der Waals surface area contributed by atoms with Crippen LogP contribution in [-0.4, -0.2) is 30.3 Å². The van der Waals surface area contributed by atoms with E-state index in [1.165, 1.54) is 0 Å². The lowest BCUT2D eigenvalue weighted by Gasteiger charge is -2.13. The van der Waals surface area contributed by atoms with Gasteiger partial charge in [0.2, 0.25) is 0 Å². The number of carbonyl (C=O) groups is 1. The van der Waals surface area contributed by atoms with E-state index in [1.54, 1.807) is 36.8 Å². The molecule has 0 fully saturated rings. The number of ether oxygens (including phenoxy) is 2. The standard InChI is InChI=1S/C17H18BrN3O3/c1-3-23-15-10-12(9-14(18)16(15)24-4-2)11-20-21-17(22)13-5-7-19-8-6-13/h5-11H,3-4H2,1-2H3,(H,21,22)/b20-11+. The number of rotatable bonds is 7. The Bertz CT molecular complexity index is 721. The Morgan fingerprint density at radius 1 is 1.25 bits per heavy atom. The van der Waals surface area contributed by atoms with Crippen LogP contribution in [0.3, 0.4) is 0 Å². The first-order valence-electron chi connectivity index (χ1n) is 7.48. The Balaban J connectivity index is 2.12. The number of hydrogen-bond acceptors (Lipinski definition) is 5. The summed E-state index contributed by atoms with van der Waals surface area (Å²) in [6, 6.07) is 6.88. The number of hydrogen-bond donors (Lipinski definition) is 1. The van der Waals surface area contributed by atoms with Crippen molar-refractivity contribution in [3.05, 3.63) is 52.3 Å². The molecular formula is C17H18BrN3O3. The molecule has 0 radical (unpaired) electrons. The van der Waals surface area contributed by atoms with E-state index < -0.39 is 0 Å². The molecule has 2 rings (SSSR count). The highest BCUT2D eigenvalue weighted by Crippen LogP contribution is 2.36. The fraction of sp³-hybridized carbons (Fsp3) is 0.235. The third-order valence-electron chi connectivity index (χ3n) is 2.94. The van der Waals surface area contributed by atoms with E-state index in [-0.39, 0.29) is 5.91 Å². The molecule has 0 atom stereocenters. The molecule has 126 valence electrons. The van der Waals surface area contributed by atoms with Crippen molar-refractivity contribution in [2.24, 2.45) is 5.10 Å². The van der Waals surface area contributed by atoms with Crippen LogP contribution >= 0.6 is 15.9 Å². The normalized spacial score (nSPS) is 10.6. The number of nitrogens with one attached hydrogen (secondary N) is 1. The summed E-state index contributed by atoms with van der Waals surface area (Å²) in [6.45, 7) is 4.87. The SMILES string of the molecule is CCOc1cc(/C=N/NC(=O)c2ccncc2)cc(Br)c1OCC. The van der Waals surface area contributed by atoms with E-state index in [0.717, 1.165) is 10.0 Å². The van der Waals surface area contributed by atoms with Crippen LogP contribution in [0.25, 0.3) is 0 Å². The van der Waals surface area contributed by atoms with E-state index in [9.17, 15) is 4.79 Å². The number of hydrazone groups is 1. The van der Waals surface area contributed by atoms with Crippen molar-refractivity contribution in [1.82, 2.24) is 10.4 Å². The summed E-state index contributed by atoms with van der Waals surface area (Å²) in [7, 11) is 0. The van der Waals surface area contributed by atoms with E-state index in [1.807, 2.05) is 19.9 Å². The van der Waals surface area contributed by atoms with Crippen LogP contribution in [0.15, 0.2) is 46.2 Å². The molecule has 0 saturated carbocycles. The molecule has 6 nitrogen and oxygen atoms in total. The van der Waals surface area contributed by atoms with Crippen molar-refractivity contribution in [1.29, 1.82) is 0 Å². The smallest absolute Gasteiger partial charge is 0.271 e. The van der Waals surface area contributed by atoms with Crippen molar-refractivity contribution in [3.8, 4) is 11.5 Å². The minimum absolute atomic E-state index is 0.302. The number of pyridine rings is 1. The molecule has 0 unspecified atom stereocenters. The van der Waals surface area contributed by atoms with E-state index >= 15 is 0 Å². The molecule has 1 aromatic heterocycles. The van der Waals surface area contributed by atoms with Gasteiger partial charge >= 0.3 is 0 Å². The molecule has 1 heterocycles. The van der Waals surface area contributed by atoms with Gasteiger partial charge in [-0.3, -0.25) is 9.78 Å². The second kappa shape index (κ2) is 9.02. The molecule has 0 aliphatic rings. The van der Waals surface area contributed by atoms with Gasteiger partial charge in [-0.05, 0) is 59.6 Å². The molecule has 0 aliphatic carbocycles. The highest BCUT2D eigenvalue weighted by molar-refractivity contribution is 9.10. The Morgan fingerprint density at radius 2 is 1.96 bits per heavy atom. The van der Waals surface area contributed by atoms with E-state index in [0.29, 0.717) is 30.3 Å². The molecule has 0 saturated heterocycles. The first-order chi connectivity index (χ1) is 11.7. The molecule has 0 aliphatic heterocycles. The van der Waals surface area contributed by atoms with Crippen molar-refractivity contribution in [3.63, 3.8) is 0 Å². The lowest BCUT2D eigenvalue weighted by atomic mass is 10.2. The van der Waals surface area contributed by atoms with Gasteiger partial charge in [0, 0.05) is 18.0 Å². The lowest BCUT2D eigenvalue weighted by Crippen LogP contribution is -2.17. The summed E-state index contributed by atoms with van der Waals surface area (Å²) in [6.07, 6.45) is 4.65. The summed E-state index contributed by atoms with van der Waals surface area (Å²) < 4.78 is 11.9. The van der Waals surface area contributed by atoms with Crippen LogP contribution in [0.5, 0.6) is 11.5 Å². The second-order valence-corrected chi connectivity index (χ2v) is 5.49. The summed E-state index contributed by atoms with van der Waals surface area (Å²) in [4.78, 5) is 15.8. The van der Waals surface area contributed by atoms with Crippen LogP contribution in [0.4, 0.5) is 0 Å². The van der Waals surface area contributed by atoms with Gasteiger partial charge in [-0.2, -0.15) is 5.10 Å². The summed E-state index contributed by atoms with van der Waals surface area (Å²) >= 11 is 3.47. The summed E-state index contributed by atoms with van der Waals surface area (Å²) in [5.74, 6) is 0.969. The van der Waals surface area contributed by atoms with Crippen LogP contribution in [0.2, 0.25) is 0 Å². The number of halogens is 1. The van der Waals surface area contributed by atoms with Gasteiger partial charge in [0.15, 0.2) is 11.5 Å². The zero-order valence-corrected chi connectivity index (χ0v) is 15.0. The molecule has 1 amide bonds. The van der Waals surface area contributed by atoms with Gasteiger partial charge < -0.3 is 9.47 Å². The monoisotopic (exact) mass is 391 g/mol. The van der Waals surface area contributed by atoms with Crippen molar-refractivity contribution < 1.29 is 14.3 Å². The minimum Gasteiger partial charge on any atom is -0.490 e.